The number of hydrogen-bond acceptors (Lipinski definition) is 4. The Kier molecular flexibility index (Phi) is 4.14. The number of carboxylic acid groups (broad SMARTS) is 1. The SMILES string of the molecule is CC1(C)OB(C(CC(=O)O)c2c[nH]c3ccc(C#N)cc23)OC1(C)C. The Morgan fingerprint density at radius 3 is 2.52 bits per heavy atom. The average molecular weight is 340 g/mol. The summed E-state index contributed by atoms with van der Waals surface area (Å²) < 4.78 is 12.2. The fourth-order valence-corrected chi connectivity index (χ4v) is 3.11. The third kappa shape index (κ3) is 3.03. The van der Waals surface area contributed by atoms with E-state index in [-0.39, 0.29) is 6.42 Å². The van der Waals surface area contributed by atoms with Crippen molar-refractivity contribution in [3.63, 3.8) is 0 Å². The maximum atomic E-state index is 11.5. The van der Waals surface area contributed by atoms with Crippen molar-refractivity contribution in [1.29, 1.82) is 5.26 Å². The maximum Gasteiger partial charge on any atom is 0.466 e. The van der Waals surface area contributed by atoms with Crippen LogP contribution in [-0.2, 0) is 14.1 Å². The van der Waals surface area contributed by atoms with E-state index in [1.54, 1.807) is 18.3 Å². The topological polar surface area (TPSA) is 95.3 Å². The largest absolute Gasteiger partial charge is 0.481 e. The van der Waals surface area contributed by atoms with Gasteiger partial charge in [0.15, 0.2) is 0 Å². The molecule has 1 aromatic carbocycles. The van der Waals surface area contributed by atoms with Crippen LogP contribution in [0.15, 0.2) is 24.4 Å². The van der Waals surface area contributed by atoms with E-state index in [4.69, 9.17) is 14.6 Å². The summed E-state index contributed by atoms with van der Waals surface area (Å²) in [4.78, 5) is 14.6. The summed E-state index contributed by atoms with van der Waals surface area (Å²) in [5, 5.41) is 19.4. The predicted molar refractivity (Wildman–Crippen MR) is 94.1 cm³/mol. The van der Waals surface area contributed by atoms with Gasteiger partial charge in [0.25, 0.3) is 0 Å². The molecule has 1 aliphatic heterocycles. The second-order valence-corrected chi connectivity index (χ2v) is 7.45. The molecule has 1 fully saturated rings. The van der Waals surface area contributed by atoms with Gasteiger partial charge in [0, 0.05) is 22.9 Å². The van der Waals surface area contributed by atoms with Crippen LogP contribution in [-0.4, -0.2) is 34.4 Å². The van der Waals surface area contributed by atoms with Gasteiger partial charge in [-0.3, -0.25) is 4.79 Å². The van der Waals surface area contributed by atoms with Crippen LogP contribution < -0.4 is 0 Å². The minimum Gasteiger partial charge on any atom is -0.481 e. The highest BCUT2D eigenvalue weighted by molar-refractivity contribution is 6.48. The van der Waals surface area contributed by atoms with E-state index in [1.165, 1.54) is 0 Å². The summed E-state index contributed by atoms with van der Waals surface area (Å²) in [6.07, 6.45) is 1.66. The van der Waals surface area contributed by atoms with Crippen LogP contribution in [0.3, 0.4) is 0 Å². The molecule has 1 aliphatic rings. The van der Waals surface area contributed by atoms with E-state index in [2.05, 4.69) is 11.1 Å². The zero-order valence-electron chi connectivity index (χ0n) is 14.8. The number of benzene rings is 1. The van der Waals surface area contributed by atoms with Crippen LogP contribution in [0, 0.1) is 11.3 Å². The van der Waals surface area contributed by atoms with Gasteiger partial charge in [0.2, 0.25) is 0 Å². The number of aliphatic carboxylic acids is 1. The molecular weight excluding hydrogens is 319 g/mol. The lowest BCUT2D eigenvalue weighted by Crippen LogP contribution is -2.41. The summed E-state index contributed by atoms with van der Waals surface area (Å²) in [5.41, 5.74) is 1.07. The third-order valence-electron chi connectivity index (χ3n) is 5.24. The summed E-state index contributed by atoms with van der Waals surface area (Å²) in [5.74, 6) is -1.41. The standard InChI is InChI=1S/C18H21BN2O4/c1-17(2)18(3,4)25-19(24-17)14(8-16(22)23)13-10-21-15-6-5-11(9-20)7-12(13)15/h5-7,10,14,21H,8H2,1-4H3,(H,22,23). The lowest BCUT2D eigenvalue weighted by atomic mass is 9.66. The molecule has 0 amide bonds. The summed E-state index contributed by atoms with van der Waals surface area (Å²) in [6, 6.07) is 7.43. The monoisotopic (exact) mass is 340 g/mol. The lowest BCUT2D eigenvalue weighted by Gasteiger charge is -2.32. The Morgan fingerprint density at radius 1 is 1.32 bits per heavy atom. The van der Waals surface area contributed by atoms with Crippen LogP contribution in [0.1, 0.15) is 51.1 Å². The van der Waals surface area contributed by atoms with Crippen molar-refractivity contribution in [2.24, 2.45) is 0 Å². The Labute approximate surface area is 146 Å². The number of H-pyrrole nitrogens is 1. The molecule has 1 saturated heterocycles. The number of hydrogen-bond donors (Lipinski definition) is 2. The van der Waals surface area contributed by atoms with E-state index in [0.717, 1.165) is 16.5 Å². The first-order valence-corrected chi connectivity index (χ1v) is 8.23. The predicted octanol–water partition coefficient (Wildman–Crippen LogP) is 3.23. The van der Waals surface area contributed by atoms with Crippen LogP contribution >= 0.6 is 0 Å². The minimum atomic E-state index is -0.925. The Bertz CT molecular complexity index is 850. The smallest absolute Gasteiger partial charge is 0.466 e. The number of aromatic amines is 1. The quantitative estimate of drug-likeness (QED) is 0.833. The van der Waals surface area contributed by atoms with Gasteiger partial charge in [-0.1, -0.05) is 0 Å². The van der Waals surface area contributed by atoms with E-state index < -0.39 is 30.1 Å². The second kappa shape index (κ2) is 5.90. The third-order valence-corrected chi connectivity index (χ3v) is 5.24. The van der Waals surface area contributed by atoms with E-state index in [9.17, 15) is 9.90 Å². The fraction of sp³-hybridized carbons (Fsp3) is 0.444. The average Bonchev–Trinajstić information content (AvgIpc) is 3.02. The molecule has 3 rings (SSSR count). The number of nitrogens with zero attached hydrogens (tertiary/aromatic N) is 1. The zero-order valence-corrected chi connectivity index (χ0v) is 14.8. The van der Waals surface area contributed by atoms with Gasteiger partial charge in [-0.25, -0.2) is 0 Å². The molecule has 2 N–H and O–H groups in total. The Morgan fingerprint density at radius 2 is 1.96 bits per heavy atom. The van der Waals surface area contributed by atoms with Crippen molar-refractivity contribution < 1.29 is 19.2 Å². The summed E-state index contributed by atoms with van der Waals surface area (Å²) in [6.45, 7) is 7.75. The molecule has 25 heavy (non-hydrogen) atoms. The molecule has 2 heterocycles. The molecule has 7 heteroatoms. The van der Waals surface area contributed by atoms with Crippen molar-refractivity contribution in [3.8, 4) is 6.07 Å². The fourth-order valence-electron chi connectivity index (χ4n) is 3.11. The highest BCUT2D eigenvalue weighted by Crippen LogP contribution is 2.43. The molecular formula is C18H21BN2O4. The molecule has 130 valence electrons. The first kappa shape index (κ1) is 17.5. The van der Waals surface area contributed by atoms with Crippen molar-refractivity contribution in [2.45, 2.75) is 51.1 Å². The van der Waals surface area contributed by atoms with Crippen molar-refractivity contribution in [3.05, 3.63) is 35.5 Å². The first-order valence-electron chi connectivity index (χ1n) is 8.23. The molecule has 0 spiro atoms. The molecule has 0 aliphatic carbocycles. The highest BCUT2D eigenvalue weighted by Gasteiger charge is 2.54. The Balaban J connectivity index is 2.06. The van der Waals surface area contributed by atoms with Crippen LogP contribution in [0.4, 0.5) is 0 Å². The van der Waals surface area contributed by atoms with Crippen LogP contribution in [0.2, 0.25) is 0 Å². The molecule has 1 unspecified atom stereocenters. The number of aromatic nitrogens is 1. The number of carboxylic acids is 1. The van der Waals surface area contributed by atoms with Gasteiger partial charge in [0.1, 0.15) is 0 Å². The second-order valence-electron chi connectivity index (χ2n) is 7.45. The molecule has 6 nitrogen and oxygen atoms in total. The molecule has 1 aromatic heterocycles. The van der Waals surface area contributed by atoms with Gasteiger partial charge >= 0.3 is 13.1 Å². The number of carbonyl (C=O) groups is 1. The van der Waals surface area contributed by atoms with Crippen LogP contribution in [0.25, 0.3) is 10.9 Å². The van der Waals surface area contributed by atoms with Gasteiger partial charge in [-0.15, -0.1) is 0 Å². The lowest BCUT2D eigenvalue weighted by molar-refractivity contribution is -0.137. The minimum absolute atomic E-state index is 0.124. The molecule has 1 atom stereocenters. The molecule has 0 bridgehead atoms. The van der Waals surface area contributed by atoms with Crippen molar-refractivity contribution in [2.75, 3.05) is 0 Å². The molecule has 0 radical (unpaired) electrons. The highest BCUT2D eigenvalue weighted by atomic mass is 16.7. The number of fused-ring (bicyclic) bond motifs is 1. The van der Waals surface area contributed by atoms with E-state index in [1.807, 2.05) is 33.8 Å². The number of rotatable bonds is 4. The zero-order chi connectivity index (χ0) is 18.4. The number of nitriles is 1. The summed E-state index contributed by atoms with van der Waals surface area (Å²) >= 11 is 0. The van der Waals surface area contributed by atoms with Crippen molar-refractivity contribution in [1.82, 2.24) is 4.98 Å². The van der Waals surface area contributed by atoms with Crippen LogP contribution in [0.5, 0.6) is 0 Å². The maximum absolute atomic E-state index is 11.5. The van der Waals surface area contributed by atoms with E-state index in [0.29, 0.717) is 5.56 Å². The molecule has 0 saturated carbocycles. The van der Waals surface area contributed by atoms with Gasteiger partial charge in [0.05, 0.1) is 29.3 Å². The van der Waals surface area contributed by atoms with Gasteiger partial charge in [-0.05, 0) is 51.5 Å². The van der Waals surface area contributed by atoms with Gasteiger partial charge in [-0.2, -0.15) is 5.26 Å². The van der Waals surface area contributed by atoms with Gasteiger partial charge < -0.3 is 19.4 Å². The van der Waals surface area contributed by atoms with E-state index >= 15 is 0 Å². The van der Waals surface area contributed by atoms with Crippen molar-refractivity contribution >= 4 is 24.0 Å². The first-order chi connectivity index (χ1) is 11.6. The summed E-state index contributed by atoms with van der Waals surface area (Å²) in [7, 11) is -0.675. The normalized spacial score (nSPS) is 19.7. The number of nitrogens with one attached hydrogen (secondary N) is 1. The molecule has 2 aromatic rings. The Hall–Kier alpha value is -2.30.